The first-order valence-electron chi connectivity index (χ1n) is 9.33. The molecule has 28 heavy (non-hydrogen) atoms. The molecule has 4 rings (SSSR count). The summed E-state index contributed by atoms with van der Waals surface area (Å²) in [7, 11) is 0. The smallest absolute Gasteiger partial charge is 0.253 e. The number of hydrogen-bond donors (Lipinski definition) is 1. The molecule has 1 aromatic carbocycles. The molecular formula is C20H23N5O2S. The number of nitrogens with one attached hydrogen (secondary N) is 1. The maximum absolute atomic E-state index is 12.8. The number of amides is 1. The molecule has 3 aromatic rings. The van der Waals surface area contributed by atoms with Crippen LogP contribution in [0.15, 0.2) is 29.4 Å². The number of aryl methyl sites for hydroxylation is 2. The average Bonchev–Trinajstić information content (AvgIpc) is 3.08. The second-order valence-electron chi connectivity index (χ2n) is 7.01. The lowest BCUT2D eigenvalue weighted by Gasteiger charge is -2.27. The molecule has 0 fully saturated rings. The number of thioether (sulfide) groups is 1. The highest BCUT2D eigenvalue weighted by atomic mass is 32.2. The summed E-state index contributed by atoms with van der Waals surface area (Å²) in [6, 6.07) is 7.80. The van der Waals surface area contributed by atoms with Gasteiger partial charge in [0.1, 0.15) is 5.75 Å². The van der Waals surface area contributed by atoms with Crippen molar-refractivity contribution < 1.29 is 9.53 Å². The Morgan fingerprint density at radius 3 is 2.89 bits per heavy atom. The minimum absolute atomic E-state index is 0.0382. The number of fused-ring (bicyclic) bond motifs is 2. The third kappa shape index (κ3) is 3.44. The van der Waals surface area contributed by atoms with E-state index in [0.29, 0.717) is 17.5 Å². The zero-order valence-corrected chi connectivity index (χ0v) is 17.2. The van der Waals surface area contributed by atoms with Crippen molar-refractivity contribution in [3.63, 3.8) is 0 Å². The van der Waals surface area contributed by atoms with Crippen LogP contribution in [0.4, 0.5) is 0 Å². The number of nitrogens with zero attached hydrogens (tertiary/aromatic N) is 4. The van der Waals surface area contributed by atoms with Crippen molar-refractivity contribution in [2.75, 3.05) is 6.61 Å². The molecule has 1 aliphatic heterocycles. The zero-order chi connectivity index (χ0) is 19.8. The highest BCUT2D eigenvalue weighted by Gasteiger charge is 2.26. The molecule has 8 heteroatoms. The molecule has 7 nitrogen and oxygen atoms in total. The zero-order valence-electron chi connectivity index (χ0n) is 16.4. The maximum atomic E-state index is 12.8. The van der Waals surface area contributed by atoms with E-state index >= 15 is 0 Å². The molecule has 0 bridgehead atoms. The highest BCUT2D eigenvalue weighted by molar-refractivity contribution is 8.00. The van der Waals surface area contributed by atoms with Gasteiger partial charge in [-0.2, -0.15) is 4.98 Å². The van der Waals surface area contributed by atoms with Gasteiger partial charge < -0.3 is 10.1 Å². The highest BCUT2D eigenvalue weighted by Crippen LogP contribution is 2.32. The average molecular weight is 398 g/mol. The van der Waals surface area contributed by atoms with Crippen molar-refractivity contribution >= 4 is 23.4 Å². The van der Waals surface area contributed by atoms with E-state index in [1.165, 1.54) is 11.8 Å². The Bertz CT molecular complexity index is 1050. The van der Waals surface area contributed by atoms with Crippen molar-refractivity contribution in [1.29, 1.82) is 0 Å². The van der Waals surface area contributed by atoms with E-state index in [2.05, 4.69) is 20.4 Å². The Labute approximate surface area is 167 Å². The summed E-state index contributed by atoms with van der Waals surface area (Å²) in [5.74, 6) is 1.37. The number of benzene rings is 1. The van der Waals surface area contributed by atoms with E-state index in [4.69, 9.17) is 4.74 Å². The number of carbonyl (C=O) groups excluding carboxylic acids is 1. The predicted molar refractivity (Wildman–Crippen MR) is 108 cm³/mol. The normalized spacial score (nSPS) is 17.1. The molecule has 1 N–H and O–H groups in total. The van der Waals surface area contributed by atoms with E-state index in [-0.39, 0.29) is 17.2 Å². The van der Waals surface area contributed by atoms with Crippen LogP contribution in [0.25, 0.3) is 5.78 Å². The fourth-order valence-corrected chi connectivity index (χ4v) is 4.03. The Hall–Kier alpha value is -2.61. The molecule has 1 aliphatic rings. The molecule has 2 aromatic heterocycles. The van der Waals surface area contributed by atoms with Gasteiger partial charge in [-0.25, -0.2) is 9.50 Å². The van der Waals surface area contributed by atoms with Crippen molar-refractivity contribution in [2.24, 2.45) is 0 Å². The second kappa shape index (κ2) is 7.43. The van der Waals surface area contributed by atoms with Gasteiger partial charge in [0.05, 0.1) is 17.9 Å². The van der Waals surface area contributed by atoms with E-state index in [0.717, 1.165) is 34.7 Å². The third-order valence-electron chi connectivity index (χ3n) is 5.17. The van der Waals surface area contributed by atoms with E-state index in [9.17, 15) is 4.79 Å². The van der Waals surface area contributed by atoms with Crippen LogP contribution in [0.3, 0.4) is 0 Å². The topological polar surface area (TPSA) is 81.4 Å². The summed E-state index contributed by atoms with van der Waals surface area (Å²) in [6.45, 7) is 8.45. The number of para-hydroxylation sites is 1. The monoisotopic (exact) mass is 397 g/mol. The van der Waals surface area contributed by atoms with Gasteiger partial charge in [-0.15, -0.1) is 5.10 Å². The number of aromatic nitrogens is 4. The van der Waals surface area contributed by atoms with Gasteiger partial charge in [-0.1, -0.05) is 30.0 Å². The van der Waals surface area contributed by atoms with Gasteiger partial charge in [0, 0.05) is 23.4 Å². The minimum atomic E-state index is -0.324. The summed E-state index contributed by atoms with van der Waals surface area (Å²) in [4.78, 5) is 21.7. The molecule has 0 aliphatic carbocycles. The standard InChI is InChI=1S/C20H23N5O2S/c1-11-12(2)21-19-23-20(24-25(19)13(11)3)28-14(4)18(26)22-16-9-10-27-17-8-6-5-7-15(16)17/h5-8,14,16H,9-10H2,1-4H3,(H,22,26). The van der Waals surface area contributed by atoms with Crippen LogP contribution in [0.5, 0.6) is 5.75 Å². The van der Waals surface area contributed by atoms with Gasteiger partial charge >= 0.3 is 0 Å². The van der Waals surface area contributed by atoms with Crippen molar-refractivity contribution in [2.45, 2.75) is 50.6 Å². The molecule has 1 amide bonds. The summed E-state index contributed by atoms with van der Waals surface area (Å²) < 4.78 is 7.41. The molecule has 0 saturated heterocycles. The number of carbonyl (C=O) groups is 1. The van der Waals surface area contributed by atoms with E-state index in [1.54, 1.807) is 4.52 Å². The largest absolute Gasteiger partial charge is 0.493 e. The van der Waals surface area contributed by atoms with Crippen LogP contribution in [0, 0.1) is 20.8 Å². The Balaban J connectivity index is 1.48. The van der Waals surface area contributed by atoms with Crippen LogP contribution < -0.4 is 10.1 Å². The van der Waals surface area contributed by atoms with Crippen LogP contribution in [-0.2, 0) is 4.79 Å². The molecule has 2 atom stereocenters. The first-order valence-corrected chi connectivity index (χ1v) is 10.2. The van der Waals surface area contributed by atoms with Gasteiger partial charge in [-0.3, -0.25) is 4.79 Å². The van der Waals surface area contributed by atoms with Crippen LogP contribution in [-0.4, -0.2) is 37.3 Å². The van der Waals surface area contributed by atoms with Crippen LogP contribution >= 0.6 is 11.8 Å². The minimum Gasteiger partial charge on any atom is -0.493 e. The summed E-state index contributed by atoms with van der Waals surface area (Å²) in [5.41, 5.74) is 4.07. The first-order chi connectivity index (χ1) is 13.4. The molecule has 0 saturated carbocycles. The Kier molecular flexibility index (Phi) is 4.97. The number of ether oxygens (including phenoxy) is 1. The summed E-state index contributed by atoms with van der Waals surface area (Å²) >= 11 is 1.34. The lowest BCUT2D eigenvalue weighted by atomic mass is 10.0. The third-order valence-corrected chi connectivity index (χ3v) is 6.12. The van der Waals surface area contributed by atoms with Crippen molar-refractivity contribution in [3.8, 4) is 5.75 Å². The van der Waals surface area contributed by atoms with Gasteiger partial charge in [0.15, 0.2) is 0 Å². The van der Waals surface area contributed by atoms with Crippen LogP contribution in [0.2, 0.25) is 0 Å². The maximum Gasteiger partial charge on any atom is 0.253 e. The van der Waals surface area contributed by atoms with Gasteiger partial charge in [-0.05, 0) is 39.3 Å². The Morgan fingerprint density at radius 2 is 2.07 bits per heavy atom. The van der Waals surface area contributed by atoms with Crippen LogP contribution in [0.1, 0.15) is 41.9 Å². The summed E-state index contributed by atoms with van der Waals surface area (Å²) in [5, 5.41) is 7.89. The van der Waals surface area contributed by atoms with Crippen molar-refractivity contribution in [1.82, 2.24) is 24.9 Å². The Morgan fingerprint density at radius 1 is 1.29 bits per heavy atom. The molecule has 3 heterocycles. The second-order valence-corrected chi connectivity index (χ2v) is 8.32. The quantitative estimate of drug-likeness (QED) is 0.681. The summed E-state index contributed by atoms with van der Waals surface area (Å²) in [6.07, 6.45) is 0.758. The molecule has 0 spiro atoms. The van der Waals surface area contributed by atoms with Gasteiger partial charge in [0.25, 0.3) is 5.78 Å². The predicted octanol–water partition coefficient (Wildman–Crippen LogP) is 3.17. The fraction of sp³-hybridized carbons (Fsp3) is 0.400. The van der Waals surface area contributed by atoms with E-state index in [1.807, 2.05) is 52.0 Å². The molecule has 0 radical (unpaired) electrons. The van der Waals surface area contributed by atoms with Gasteiger partial charge in [0.2, 0.25) is 11.1 Å². The number of hydrogen-bond acceptors (Lipinski definition) is 6. The SMILES string of the molecule is Cc1nc2nc(SC(C)C(=O)NC3CCOc4ccccc43)nn2c(C)c1C. The molecule has 146 valence electrons. The first kappa shape index (κ1) is 18.7. The molecule has 2 unspecified atom stereocenters. The van der Waals surface area contributed by atoms with E-state index < -0.39 is 0 Å². The lowest BCUT2D eigenvalue weighted by molar-refractivity contribution is -0.121. The van der Waals surface area contributed by atoms with Crippen molar-refractivity contribution in [3.05, 3.63) is 46.8 Å². The lowest BCUT2D eigenvalue weighted by Crippen LogP contribution is -2.36. The fourth-order valence-electron chi connectivity index (χ4n) is 3.28. The molecular weight excluding hydrogens is 374 g/mol. The number of rotatable bonds is 4.